The van der Waals surface area contributed by atoms with Crippen LogP contribution in [0.3, 0.4) is 0 Å². The van der Waals surface area contributed by atoms with Gasteiger partial charge in [-0.1, -0.05) is 19.4 Å². The Labute approximate surface area is 110 Å². The van der Waals surface area contributed by atoms with Gasteiger partial charge < -0.3 is 15.6 Å². The average Bonchev–Trinajstić information content (AvgIpc) is 2.36. The molecule has 0 heterocycles. The number of nitrogens with two attached hydrogens (primary N) is 1. The molecule has 3 N–H and O–H groups in total. The van der Waals surface area contributed by atoms with Crippen LogP contribution in [0.5, 0.6) is 5.75 Å². The number of alkyl halides is 3. The van der Waals surface area contributed by atoms with Gasteiger partial charge >= 0.3 is 6.18 Å². The number of methoxy groups -OCH3 is 1. The zero-order chi connectivity index (χ0) is 14.6. The first-order valence-corrected chi connectivity index (χ1v) is 6.00. The quantitative estimate of drug-likeness (QED) is 0.870. The van der Waals surface area contributed by atoms with Gasteiger partial charge in [0.2, 0.25) is 0 Å². The van der Waals surface area contributed by atoms with Crippen LogP contribution in [-0.4, -0.2) is 18.3 Å². The van der Waals surface area contributed by atoms with Gasteiger partial charge in [0.05, 0.1) is 24.8 Å². The Morgan fingerprint density at radius 2 is 2.00 bits per heavy atom. The van der Waals surface area contributed by atoms with Crippen LogP contribution in [0.2, 0.25) is 0 Å². The summed E-state index contributed by atoms with van der Waals surface area (Å²) in [6.07, 6.45) is -4.03. The molecule has 0 saturated carbocycles. The molecule has 0 amide bonds. The highest BCUT2D eigenvalue weighted by Crippen LogP contribution is 2.35. The molecule has 0 aromatic heterocycles. The van der Waals surface area contributed by atoms with Crippen molar-refractivity contribution in [3.63, 3.8) is 0 Å². The molecular weight excluding hydrogens is 259 g/mol. The van der Waals surface area contributed by atoms with Crippen molar-refractivity contribution in [2.75, 3.05) is 7.11 Å². The summed E-state index contributed by atoms with van der Waals surface area (Å²) in [5.41, 5.74) is 5.42. The summed E-state index contributed by atoms with van der Waals surface area (Å²) in [5, 5.41) is 9.82. The summed E-state index contributed by atoms with van der Waals surface area (Å²) in [6.45, 7) is 1.89. The molecule has 0 aliphatic rings. The minimum atomic E-state index is -4.43. The summed E-state index contributed by atoms with van der Waals surface area (Å²) in [5.74, 6) is 0.0393. The first kappa shape index (κ1) is 15.8. The lowest BCUT2D eigenvalue weighted by Gasteiger charge is -2.21. The molecule has 0 fully saturated rings. The molecule has 108 valence electrons. The topological polar surface area (TPSA) is 55.5 Å². The van der Waals surface area contributed by atoms with Crippen molar-refractivity contribution < 1.29 is 23.0 Å². The first-order valence-electron chi connectivity index (χ1n) is 6.00. The molecule has 19 heavy (non-hydrogen) atoms. The van der Waals surface area contributed by atoms with Gasteiger partial charge in [-0.2, -0.15) is 13.2 Å². The van der Waals surface area contributed by atoms with E-state index in [4.69, 9.17) is 10.5 Å². The molecule has 0 aliphatic heterocycles. The Morgan fingerprint density at radius 1 is 1.37 bits per heavy atom. The first-order chi connectivity index (χ1) is 8.81. The van der Waals surface area contributed by atoms with E-state index in [1.165, 1.54) is 13.2 Å². The number of benzene rings is 1. The van der Waals surface area contributed by atoms with E-state index in [9.17, 15) is 18.3 Å². The van der Waals surface area contributed by atoms with Crippen molar-refractivity contribution in [3.8, 4) is 5.75 Å². The minimum Gasteiger partial charge on any atom is -0.496 e. The van der Waals surface area contributed by atoms with Gasteiger partial charge in [-0.25, -0.2) is 0 Å². The highest BCUT2D eigenvalue weighted by molar-refractivity contribution is 5.41. The zero-order valence-electron chi connectivity index (χ0n) is 10.9. The van der Waals surface area contributed by atoms with Crippen molar-refractivity contribution in [1.29, 1.82) is 0 Å². The van der Waals surface area contributed by atoms with Crippen LogP contribution in [0, 0.1) is 0 Å². The summed E-state index contributed by atoms with van der Waals surface area (Å²) in [6, 6.07) is 2.33. The summed E-state index contributed by atoms with van der Waals surface area (Å²) in [7, 11) is 1.28. The molecule has 0 saturated heterocycles. The van der Waals surface area contributed by atoms with Crippen molar-refractivity contribution in [3.05, 3.63) is 29.3 Å². The third kappa shape index (κ3) is 3.84. The lowest BCUT2D eigenvalue weighted by atomic mass is 9.97. The molecule has 1 aromatic rings. The number of hydrogen-bond donors (Lipinski definition) is 2. The van der Waals surface area contributed by atoms with Gasteiger partial charge in [0.15, 0.2) is 0 Å². The van der Waals surface area contributed by atoms with Crippen LogP contribution in [-0.2, 0) is 6.18 Å². The standard InChI is InChI=1S/C13H18F3NO2/c1-3-4-10(18)12(17)9-6-5-8(13(14,15)16)7-11(9)19-2/h5-7,10,12,18H,3-4,17H2,1-2H3/t10-,12+/m0/s1. The lowest BCUT2D eigenvalue weighted by Crippen LogP contribution is -2.26. The van der Waals surface area contributed by atoms with Crippen LogP contribution in [0.4, 0.5) is 13.2 Å². The maximum absolute atomic E-state index is 12.6. The van der Waals surface area contributed by atoms with Gasteiger partial charge in [-0.15, -0.1) is 0 Å². The smallest absolute Gasteiger partial charge is 0.416 e. The Morgan fingerprint density at radius 3 is 2.47 bits per heavy atom. The van der Waals surface area contributed by atoms with Crippen molar-refractivity contribution in [2.24, 2.45) is 5.73 Å². The fraction of sp³-hybridized carbons (Fsp3) is 0.538. The molecule has 0 radical (unpaired) electrons. The molecule has 2 atom stereocenters. The monoisotopic (exact) mass is 277 g/mol. The molecule has 1 aromatic carbocycles. The Bertz CT molecular complexity index is 421. The van der Waals surface area contributed by atoms with Gasteiger partial charge in [0, 0.05) is 5.56 Å². The van der Waals surface area contributed by atoms with E-state index >= 15 is 0 Å². The SMILES string of the molecule is CCC[C@H](O)[C@H](N)c1ccc(C(F)(F)F)cc1OC. The summed E-state index contributed by atoms with van der Waals surface area (Å²) < 4.78 is 42.7. The molecule has 1 rings (SSSR count). The van der Waals surface area contributed by atoms with Crippen LogP contribution in [0.1, 0.15) is 36.9 Å². The van der Waals surface area contributed by atoms with Crippen LogP contribution < -0.4 is 10.5 Å². The largest absolute Gasteiger partial charge is 0.496 e. The lowest BCUT2D eigenvalue weighted by molar-refractivity contribution is -0.137. The van der Waals surface area contributed by atoms with Crippen molar-refractivity contribution in [2.45, 2.75) is 38.1 Å². The molecule has 3 nitrogen and oxygen atoms in total. The third-order valence-electron chi connectivity index (χ3n) is 2.92. The second kappa shape index (κ2) is 6.25. The Balaban J connectivity index is 3.09. The number of aliphatic hydroxyl groups excluding tert-OH is 1. The Kier molecular flexibility index (Phi) is 5.20. The number of halogens is 3. The number of aliphatic hydroxyl groups is 1. The third-order valence-corrected chi connectivity index (χ3v) is 2.92. The fourth-order valence-corrected chi connectivity index (χ4v) is 1.85. The number of hydrogen-bond acceptors (Lipinski definition) is 3. The molecule has 0 bridgehead atoms. The van der Waals surface area contributed by atoms with E-state index < -0.39 is 23.9 Å². The van der Waals surface area contributed by atoms with Crippen molar-refractivity contribution in [1.82, 2.24) is 0 Å². The van der Waals surface area contributed by atoms with Gasteiger partial charge in [-0.3, -0.25) is 0 Å². The highest BCUT2D eigenvalue weighted by atomic mass is 19.4. The maximum atomic E-state index is 12.6. The van der Waals surface area contributed by atoms with E-state index in [1.807, 2.05) is 6.92 Å². The average molecular weight is 277 g/mol. The van der Waals surface area contributed by atoms with Crippen LogP contribution >= 0.6 is 0 Å². The summed E-state index contributed by atoms with van der Waals surface area (Å²) in [4.78, 5) is 0. The van der Waals surface area contributed by atoms with E-state index in [2.05, 4.69) is 0 Å². The van der Waals surface area contributed by atoms with Gasteiger partial charge in [0.1, 0.15) is 5.75 Å². The van der Waals surface area contributed by atoms with Gasteiger partial charge in [-0.05, 0) is 18.6 Å². The number of rotatable bonds is 5. The predicted octanol–water partition coefficient (Wildman–Crippen LogP) is 2.87. The molecule has 6 heteroatoms. The number of ether oxygens (including phenoxy) is 1. The summed E-state index contributed by atoms with van der Waals surface area (Å²) >= 11 is 0. The van der Waals surface area contributed by atoms with Crippen LogP contribution in [0.25, 0.3) is 0 Å². The highest BCUT2D eigenvalue weighted by Gasteiger charge is 2.32. The minimum absolute atomic E-state index is 0.0393. The van der Waals surface area contributed by atoms with Crippen molar-refractivity contribution >= 4 is 0 Å². The van der Waals surface area contributed by atoms with E-state index in [-0.39, 0.29) is 5.75 Å². The maximum Gasteiger partial charge on any atom is 0.416 e. The van der Waals surface area contributed by atoms with Crippen LogP contribution in [0.15, 0.2) is 18.2 Å². The molecular formula is C13H18F3NO2. The second-order valence-corrected chi connectivity index (χ2v) is 4.34. The molecule has 0 unspecified atom stereocenters. The zero-order valence-corrected chi connectivity index (χ0v) is 10.9. The van der Waals surface area contributed by atoms with E-state index in [0.717, 1.165) is 18.6 Å². The van der Waals surface area contributed by atoms with Gasteiger partial charge in [0.25, 0.3) is 0 Å². The van der Waals surface area contributed by atoms with E-state index in [1.54, 1.807) is 0 Å². The molecule has 0 spiro atoms. The molecule has 0 aliphatic carbocycles. The van der Waals surface area contributed by atoms with E-state index in [0.29, 0.717) is 12.0 Å². The fourth-order valence-electron chi connectivity index (χ4n) is 1.85. The normalized spacial score (nSPS) is 15.1. The second-order valence-electron chi connectivity index (χ2n) is 4.34. The Hall–Kier alpha value is -1.27. The predicted molar refractivity (Wildman–Crippen MR) is 65.8 cm³/mol.